The molecule has 0 aliphatic carbocycles. The van der Waals surface area contributed by atoms with Crippen molar-refractivity contribution in [3.63, 3.8) is 0 Å². The Bertz CT molecular complexity index is 1040. The lowest BCUT2D eigenvalue weighted by Gasteiger charge is -1.99. The normalized spacial score (nSPS) is 11.0. The standard InChI is InChI=1S/C17H14N6O3/c24-10-15(25)18-8-16-21-17(22-26-16)12-4-1-3-11(7-12)13-9-23-14(20-13)5-2-6-19-23/h1-7,9,24H,8,10H2,(H,18,25). The number of nitrogens with one attached hydrogen (secondary N) is 1. The summed E-state index contributed by atoms with van der Waals surface area (Å²) in [6.45, 7) is -0.527. The van der Waals surface area contributed by atoms with E-state index < -0.39 is 12.5 Å². The van der Waals surface area contributed by atoms with Crippen LogP contribution in [0, 0.1) is 0 Å². The van der Waals surface area contributed by atoms with Crippen LogP contribution in [0.3, 0.4) is 0 Å². The monoisotopic (exact) mass is 350 g/mol. The Morgan fingerprint density at radius 2 is 2.08 bits per heavy atom. The van der Waals surface area contributed by atoms with E-state index in [0.29, 0.717) is 5.82 Å². The van der Waals surface area contributed by atoms with Crippen molar-refractivity contribution in [2.45, 2.75) is 6.54 Å². The second-order valence-electron chi connectivity index (χ2n) is 5.48. The molecule has 9 nitrogen and oxygen atoms in total. The minimum Gasteiger partial charge on any atom is -0.387 e. The number of fused-ring (bicyclic) bond motifs is 1. The Kier molecular flexibility index (Phi) is 4.12. The van der Waals surface area contributed by atoms with Gasteiger partial charge in [-0.05, 0) is 18.2 Å². The van der Waals surface area contributed by atoms with Gasteiger partial charge in [0.2, 0.25) is 17.6 Å². The van der Waals surface area contributed by atoms with Gasteiger partial charge in [0.05, 0.1) is 18.4 Å². The van der Waals surface area contributed by atoms with Gasteiger partial charge in [-0.15, -0.1) is 0 Å². The van der Waals surface area contributed by atoms with Gasteiger partial charge in [-0.1, -0.05) is 23.4 Å². The molecule has 0 aliphatic heterocycles. The van der Waals surface area contributed by atoms with Gasteiger partial charge >= 0.3 is 0 Å². The van der Waals surface area contributed by atoms with Crippen LogP contribution in [0.2, 0.25) is 0 Å². The number of rotatable bonds is 5. The topological polar surface area (TPSA) is 118 Å². The van der Waals surface area contributed by atoms with E-state index in [0.717, 1.165) is 22.5 Å². The fourth-order valence-electron chi connectivity index (χ4n) is 2.46. The Labute approximate surface area is 147 Å². The number of carbonyl (C=O) groups excluding carboxylic acids is 1. The third kappa shape index (κ3) is 3.15. The molecule has 2 N–H and O–H groups in total. The molecule has 0 fully saturated rings. The lowest BCUT2D eigenvalue weighted by Crippen LogP contribution is -2.25. The molecule has 0 saturated heterocycles. The van der Waals surface area contributed by atoms with Gasteiger partial charge in [0.15, 0.2) is 5.65 Å². The lowest BCUT2D eigenvalue weighted by molar-refractivity contribution is -0.124. The van der Waals surface area contributed by atoms with Crippen LogP contribution in [0.5, 0.6) is 0 Å². The molecule has 4 aromatic rings. The van der Waals surface area contributed by atoms with Crippen LogP contribution in [-0.2, 0) is 11.3 Å². The molecule has 130 valence electrons. The van der Waals surface area contributed by atoms with Crippen molar-refractivity contribution in [3.05, 3.63) is 54.7 Å². The van der Waals surface area contributed by atoms with Crippen molar-refractivity contribution in [1.29, 1.82) is 0 Å². The van der Waals surface area contributed by atoms with Crippen LogP contribution >= 0.6 is 0 Å². The minimum absolute atomic E-state index is 0.0597. The molecule has 1 amide bonds. The van der Waals surface area contributed by atoms with Crippen LogP contribution in [0.25, 0.3) is 28.3 Å². The molecule has 0 spiro atoms. The van der Waals surface area contributed by atoms with Crippen molar-refractivity contribution in [1.82, 2.24) is 30.1 Å². The van der Waals surface area contributed by atoms with E-state index in [2.05, 4.69) is 25.5 Å². The van der Waals surface area contributed by atoms with E-state index in [-0.39, 0.29) is 12.4 Å². The zero-order chi connectivity index (χ0) is 17.9. The molecule has 0 radical (unpaired) electrons. The number of amides is 1. The quantitative estimate of drug-likeness (QED) is 0.552. The van der Waals surface area contributed by atoms with Crippen molar-refractivity contribution < 1.29 is 14.4 Å². The molecule has 0 saturated carbocycles. The fraction of sp³-hybridized carbons (Fsp3) is 0.118. The van der Waals surface area contributed by atoms with E-state index in [9.17, 15) is 4.79 Å². The highest BCUT2D eigenvalue weighted by Gasteiger charge is 2.12. The first kappa shape index (κ1) is 15.9. The van der Waals surface area contributed by atoms with Gasteiger partial charge in [-0.25, -0.2) is 9.50 Å². The van der Waals surface area contributed by atoms with Crippen LogP contribution in [0.15, 0.2) is 53.3 Å². The number of imidazole rings is 1. The van der Waals surface area contributed by atoms with E-state index in [1.54, 1.807) is 10.7 Å². The summed E-state index contributed by atoms with van der Waals surface area (Å²) in [5, 5.41) is 19.3. The smallest absolute Gasteiger partial charge is 0.246 e. The zero-order valence-corrected chi connectivity index (χ0v) is 13.5. The van der Waals surface area contributed by atoms with Gasteiger partial charge in [-0.3, -0.25) is 4.79 Å². The van der Waals surface area contributed by atoms with E-state index in [4.69, 9.17) is 9.63 Å². The lowest BCUT2D eigenvalue weighted by atomic mass is 10.1. The number of nitrogens with zero attached hydrogens (tertiary/aromatic N) is 5. The second kappa shape index (κ2) is 6.73. The molecule has 26 heavy (non-hydrogen) atoms. The van der Waals surface area contributed by atoms with E-state index >= 15 is 0 Å². The molecule has 4 rings (SSSR count). The third-order valence-electron chi connectivity index (χ3n) is 3.70. The molecule has 0 bridgehead atoms. The van der Waals surface area contributed by atoms with E-state index in [1.165, 1.54) is 0 Å². The van der Waals surface area contributed by atoms with E-state index in [1.807, 2.05) is 42.6 Å². The predicted octanol–water partition coefficient (Wildman–Crippen LogP) is 1.05. The number of hydrogen-bond donors (Lipinski definition) is 2. The maximum Gasteiger partial charge on any atom is 0.246 e. The molecule has 9 heteroatoms. The van der Waals surface area contributed by atoms with Crippen LogP contribution in [0.1, 0.15) is 5.89 Å². The molecule has 0 aliphatic rings. The van der Waals surface area contributed by atoms with Gasteiger partial charge in [-0.2, -0.15) is 10.1 Å². The summed E-state index contributed by atoms with van der Waals surface area (Å²) < 4.78 is 6.83. The van der Waals surface area contributed by atoms with Gasteiger partial charge < -0.3 is 14.9 Å². The fourth-order valence-corrected chi connectivity index (χ4v) is 2.46. The Morgan fingerprint density at radius 1 is 1.19 bits per heavy atom. The second-order valence-corrected chi connectivity index (χ2v) is 5.48. The Balaban J connectivity index is 1.59. The maximum atomic E-state index is 11.1. The molecule has 3 aromatic heterocycles. The summed E-state index contributed by atoms with van der Waals surface area (Å²) in [5.74, 6) is 0.151. The average molecular weight is 350 g/mol. The molecule has 1 aromatic carbocycles. The first-order valence-corrected chi connectivity index (χ1v) is 7.84. The zero-order valence-electron chi connectivity index (χ0n) is 13.5. The number of hydrogen-bond acceptors (Lipinski definition) is 7. The largest absolute Gasteiger partial charge is 0.387 e. The summed E-state index contributed by atoms with van der Waals surface area (Å²) in [6.07, 6.45) is 3.55. The molecule has 0 atom stereocenters. The Hall–Kier alpha value is -3.59. The minimum atomic E-state index is -0.586. The van der Waals surface area contributed by atoms with Crippen LogP contribution in [-0.4, -0.2) is 42.4 Å². The van der Waals surface area contributed by atoms with Crippen molar-refractivity contribution in [3.8, 4) is 22.6 Å². The first-order valence-electron chi connectivity index (χ1n) is 7.84. The summed E-state index contributed by atoms with van der Waals surface area (Å²) in [6, 6.07) is 11.3. The maximum absolute atomic E-state index is 11.1. The molecular weight excluding hydrogens is 336 g/mol. The highest BCUT2D eigenvalue weighted by atomic mass is 16.5. The van der Waals surface area contributed by atoms with Crippen LogP contribution < -0.4 is 5.32 Å². The van der Waals surface area contributed by atoms with Crippen molar-refractivity contribution in [2.75, 3.05) is 6.61 Å². The van der Waals surface area contributed by atoms with Crippen LogP contribution in [0.4, 0.5) is 0 Å². The SMILES string of the molecule is O=C(CO)NCc1nc(-c2cccc(-c3cn4ncccc4n3)c2)no1. The summed E-state index contributed by atoms with van der Waals surface area (Å²) in [7, 11) is 0. The highest BCUT2D eigenvalue weighted by molar-refractivity contribution is 5.76. The summed E-state index contributed by atoms with van der Waals surface area (Å²) in [4.78, 5) is 19.9. The van der Waals surface area contributed by atoms with Gasteiger partial charge in [0.1, 0.15) is 6.61 Å². The molecular formula is C17H14N6O3. The number of carbonyl (C=O) groups is 1. The Morgan fingerprint density at radius 3 is 2.92 bits per heavy atom. The number of aliphatic hydroxyl groups excluding tert-OH is 1. The third-order valence-corrected chi connectivity index (χ3v) is 3.70. The first-order chi connectivity index (χ1) is 12.7. The molecule has 3 heterocycles. The highest BCUT2D eigenvalue weighted by Crippen LogP contribution is 2.24. The van der Waals surface area contributed by atoms with Gasteiger partial charge in [0.25, 0.3) is 0 Å². The number of aromatic nitrogens is 5. The summed E-state index contributed by atoms with van der Waals surface area (Å²) >= 11 is 0. The molecule has 0 unspecified atom stereocenters. The predicted molar refractivity (Wildman–Crippen MR) is 90.6 cm³/mol. The van der Waals surface area contributed by atoms with Crippen molar-refractivity contribution >= 4 is 11.6 Å². The number of benzene rings is 1. The summed E-state index contributed by atoms with van der Waals surface area (Å²) in [5.41, 5.74) is 3.20. The van der Waals surface area contributed by atoms with Crippen molar-refractivity contribution in [2.24, 2.45) is 0 Å². The van der Waals surface area contributed by atoms with Gasteiger partial charge in [0, 0.05) is 17.3 Å². The average Bonchev–Trinajstić information content (AvgIpc) is 3.33. The number of aliphatic hydroxyl groups is 1.